The second-order valence-corrected chi connectivity index (χ2v) is 3.12. The molecule has 0 aliphatic carbocycles. The summed E-state index contributed by atoms with van der Waals surface area (Å²) >= 11 is 0. The summed E-state index contributed by atoms with van der Waals surface area (Å²) in [4.78, 5) is 0. The summed E-state index contributed by atoms with van der Waals surface area (Å²) in [5, 5.41) is 35.7. The van der Waals surface area contributed by atoms with E-state index in [2.05, 4.69) is 4.52 Å². The molecule has 2 unspecified atom stereocenters. The van der Waals surface area contributed by atoms with E-state index in [0.29, 0.717) is 0 Å². The van der Waals surface area contributed by atoms with Crippen molar-refractivity contribution < 1.29 is 29.7 Å². The summed E-state index contributed by atoms with van der Waals surface area (Å²) in [6, 6.07) is 0. The molecular weight excluding hydrogens is 211 g/mol. The minimum Gasteiger partial charge on any atom is -0.394 e. The van der Waals surface area contributed by atoms with Crippen LogP contribution in [0.1, 0.15) is 6.92 Å². The van der Waals surface area contributed by atoms with Crippen LogP contribution >= 0.6 is 9.47 Å². The van der Waals surface area contributed by atoms with Crippen LogP contribution in [0.3, 0.4) is 0 Å². The highest BCUT2D eigenvalue weighted by Gasteiger charge is 2.25. The summed E-state index contributed by atoms with van der Waals surface area (Å²) in [5.74, 6) is 0. The Morgan fingerprint density at radius 1 is 1.21 bits per heavy atom. The van der Waals surface area contributed by atoms with Gasteiger partial charge >= 0.3 is 0 Å². The monoisotopic (exact) mass is 228 g/mol. The molecule has 0 aliphatic rings. The van der Waals surface area contributed by atoms with Gasteiger partial charge in [-0.05, 0) is 6.92 Å². The first-order valence-electron chi connectivity index (χ1n) is 4.15. The Labute approximate surface area is 84.7 Å². The zero-order valence-electron chi connectivity index (χ0n) is 7.91. The number of rotatable bonds is 7. The third kappa shape index (κ3) is 4.61. The van der Waals surface area contributed by atoms with Gasteiger partial charge in [-0.25, -0.2) is 0 Å². The summed E-state index contributed by atoms with van der Waals surface area (Å²) < 4.78 is 9.66. The Balaban J connectivity index is 4.13. The predicted octanol–water partition coefficient (Wildman–Crippen LogP) is -1.77. The molecule has 0 heterocycles. The first-order chi connectivity index (χ1) is 6.56. The van der Waals surface area contributed by atoms with Gasteiger partial charge in [0.05, 0.1) is 19.3 Å². The number of ether oxygens (including phenoxy) is 1. The summed E-state index contributed by atoms with van der Waals surface area (Å²) in [6.45, 7) is 0.503. The smallest absolute Gasteiger partial charge is 0.189 e. The van der Waals surface area contributed by atoms with E-state index in [-0.39, 0.29) is 0 Å². The minimum absolute atomic E-state index is 0.402. The Kier molecular flexibility index (Phi) is 7.58. The zero-order chi connectivity index (χ0) is 11.1. The molecule has 0 rings (SSSR count). The predicted molar refractivity (Wildman–Crippen MR) is 51.3 cm³/mol. The number of aliphatic hydroxyl groups is 4. The van der Waals surface area contributed by atoms with E-state index < -0.39 is 37.8 Å². The Morgan fingerprint density at radius 3 is 2.07 bits per heavy atom. The molecule has 86 valence electrons. The second kappa shape index (κ2) is 7.48. The highest BCUT2D eigenvalue weighted by atomic mass is 31.0. The topological polar surface area (TPSA) is 99.4 Å². The molecule has 0 saturated heterocycles. The zero-order valence-corrected chi connectivity index (χ0v) is 9.06. The van der Waals surface area contributed by atoms with Crippen molar-refractivity contribution in [1.29, 1.82) is 0 Å². The van der Waals surface area contributed by atoms with Crippen molar-refractivity contribution in [3.05, 3.63) is 0 Å². The van der Waals surface area contributed by atoms with E-state index in [1.165, 1.54) is 6.92 Å². The van der Waals surface area contributed by atoms with E-state index in [4.69, 9.17) is 25.2 Å². The molecule has 14 heavy (non-hydrogen) atoms. The van der Waals surface area contributed by atoms with E-state index in [9.17, 15) is 0 Å². The molecule has 7 heteroatoms. The average Bonchev–Trinajstić information content (AvgIpc) is 2.18. The molecule has 0 saturated carbocycles. The van der Waals surface area contributed by atoms with Crippen LogP contribution < -0.4 is 0 Å². The van der Waals surface area contributed by atoms with Gasteiger partial charge in [-0.3, -0.25) is 0 Å². The third-order valence-electron chi connectivity index (χ3n) is 1.66. The van der Waals surface area contributed by atoms with E-state index >= 15 is 0 Å². The van der Waals surface area contributed by atoms with Crippen molar-refractivity contribution in [2.75, 3.05) is 13.2 Å². The second-order valence-electron chi connectivity index (χ2n) is 2.85. The Hall–Kier alpha value is 0.190. The van der Waals surface area contributed by atoms with Crippen LogP contribution in [0.5, 0.6) is 0 Å². The van der Waals surface area contributed by atoms with Crippen LogP contribution in [0.15, 0.2) is 0 Å². The lowest BCUT2D eigenvalue weighted by atomic mass is 10.2. The van der Waals surface area contributed by atoms with Crippen LogP contribution in [0, 0.1) is 0 Å². The van der Waals surface area contributed by atoms with Crippen LogP contribution in [0.4, 0.5) is 0 Å². The first kappa shape index (κ1) is 14.2. The molecule has 0 bridgehead atoms. The molecule has 0 aromatic carbocycles. The molecule has 5 atom stereocenters. The SMILES string of the molecule is C[C@H](O)C(CO)O[C@@H](OP)[C@@H](O)CO. The highest BCUT2D eigenvalue weighted by molar-refractivity contribution is 7.09. The maximum absolute atomic E-state index is 9.17. The first-order valence-corrected chi connectivity index (χ1v) is 4.62. The lowest BCUT2D eigenvalue weighted by molar-refractivity contribution is -0.200. The third-order valence-corrected chi connectivity index (χ3v) is 1.93. The van der Waals surface area contributed by atoms with Crippen molar-refractivity contribution >= 4 is 9.47 Å². The van der Waals surface area contributed by atoms with Crippen molar-refractivity contribution in [1.82, 2.24) is 0 Å². The lowest BCUT2D eigenvalue weighted by Crippen LogP contribution is -2.40. The quantitative estimate of drug-likeness (QED) is 0.304. The largest absolute Gasteiger partial charge is 0.394 e. The van der Waals surface area contributed by atoms with Crippen LogP contribution in [-0.4, -0.2) is 58.2 Å². The molecule has 0 aromatic rings. The number of hydrogen-bond donors (Lipinski definition) is 4. The van der Waals surface area contributed by atoms with Gasteiger partial charge in [0, 0.05) is 9.47 Å². The molecule has 4 N–H and O–H groups in total. The summed E-state index contributed by atoms with van der Waals surface area (Å²) in [5.41, 5.74) is 0. The van der Waals surface area contributed by atoms with Gasteiger partial charge in [-0.15, -0.1) is 0 Å². The summed E-state index contributed by atoms with van der Waals surface area (Å²) in [7, 11) is 1.88. The fourth-order valence-electron chi connectivity index (χ4n) is 0.781. The van der Waals surface area contributed by atoms with E-state index in [1.807, 2.05) is 9.47 Å². The normalized spacial score (nSPS) is 20.1. The molecule has 0 radical (unpaired) electrons. The fraction of sp³-hybridized carbons (Fsp3) is 1.00. The van der Waals surface area contributed by atoms with Gasteiger partial charge in [0.2, 0.25) is 0 Å². The molecule has 0 aliphatic heterocycles. The van der Waals surface area contributed by atoms with Gasteiger partial charge in [-0.1, -0.05) is 0 Å². The molecule has 0 amide bonds. The molecular formula is C7H17O6P. The molecule has 0 spiro atoms. The highest BCUT2D eigenvalue weighted by Crippen LogP contribution is 2.11. The lowest BCUT2D eigenvalue weighted by Gasteiger charge is -2.26. The van der Waals surface area contributed by atoms with Crippen LogP contribution in [0.25, 0.3) is 0 Å². The molecule has 0 aromatic heterocycles. The average molecular weight is 228 g/mol. The fourth-order valence-corrected chi connectivity index (χ4v) is 1.03. The maximum Gasteiger partial charge on any atom is 0.189 e. The molecule has 0 fully saturated rings. The Bertz CT molecular complexity index is 144. The maximum atomic E-state index is 9.17. The standard InChI is InChI=1S/C7H17O6P/c1-4(10)6(3-9)12-7(13-14)5(11)2-8/h4-11H,2-3,14H2,1H3/t4-,5-,6?,7-/m0/s1. The van der Waals surface area contributed by atoms with Crippen molar-refractivity contribution in [3.63, 3.8) is 0 Å². The number of aliphatic hydroxyl groups excluding tert-OH is 4. The summed E-state index contributed by atoms with van der Waals surface area (Å²) in [6.07, 6.45) is -4.08. The van der Waals surface area contributed by atoms with Crippen LogP contribution in [-0.2, 0) is 9.26 Å². The van der Waals surface area contributed by atoms with Crippen molar-refractivity contribution in [3.8, 4) is 0 Å². The number of hydrogen-bond acceptors (Lipinski definition) is 6. The van der Waals surface area contributed by atoms with Gasteiger partial charge < -0.3 is 29.7 Å². The van der Waals surface area contributed by atoms with Gasteiger partial charge in [0.15, 0.2) is 6.29 Å². The Morgan fingerprint density at radius 2 is 1.79 bits per heavy atom. The van der Waals surface area contributed by atoms with Crippen molar-refractivity contribution in [2.45, 2.75) is 31.5 Å². The van der Waals surface area contributed by atoms with E-state index in [0.717, 1.165) is 0 Å². The minimum atomic E-state index is -1.22. The van der Waals surface area contributed by atoms with Crippen LogP contribution in [0.2, 0.25) is 0 Å². The van der Waals surface area contributed by atoms with Gasteiger partial charge in [-0.2, -0.15) is 0 Å². The molecule has 6 nitrogen and oxygen atoms in total. The van der Waals surface area contributed by atoms with E-state index in [1.54, 1.807) is 0 Å². The van der Waals surface area contributed by atoms with Crippen molar-refractivity contribution in [2.24, 2.45) is 0 Å². The van der Waals surface area contributed by atoms with Gasteiger partial charge in [0.25, 0.3) is 0 Å². The van der Waals surface area contributed by atoms with Gasteiger partial charge in [0.1, 0.15) is 12.2 Å².